The van der Waals surface area contributed by atoms with Crippen molar-refractivity contribution >= 4 is 0 Å². The van der Waals surface area contributed by atoms with Gasteiger partial charge >= 0.3 is 0 Å². The molecule has 6 rings (SSSR count). The molecular formula is C31H28FNO3. The minimum absolute atomic E-state index is 0.102. The first-order chi connectivity index (χ1) is 17.7. The summed E-state index contributed by atoms with van der Waals surface area (Å²) in [5.41, 5.74) is 5.16. The predicted molar refractivity (Wildman–Crippen MR) is 136 cm³/mol. The number of ether oxygens (including phenoxy) is 2. The Hall–Kier alpha value is -3.35. The van der Waals surface area contributed by atoms with Gasteiger partial charge in [-0.1, -0.05) is 109 Å². The molecule has 1 N–H and O–H groups in total. The van der Waals surface area contributed by atoms with Gasteiger partial charge < -0.3 is 14.3 Å². The van der Waals surface area contributed by atoms with Crippen LogP contribution < -0.4 is 5.48 Å². The number of halogens is 1. The molecule has 4 aromatic carbocycles. The lowest BCUT2D eigenvalue weighted by Crippen LogP contribution is -2.44. The van der Waals surface area contributed by atoms with Gasteiger partial charge in [0.05, 0.1) is 25.9 Å². The van der Waals surface area contributed by atoms with E-state index < -0.39 is 11.1 Å². The van der Waals surface area contributed by atoms with Crippen molar-refractivity contribution < 1.29 is 18.7 Å². The van der Waals surface area contributed by atoms with E-state index in [-0.39, 0.29) is 17.8 Å². The van der Waals surface area contributed by atoms with E-state index in [9.17, 15) is 4.39 Å². The van der Waals surface area contributed by atoms with Crippen molar-refractivity contribution in [3.63, 3.8) is 0 Å². The van der Waals surface area contributed by atoms with Crippen molar-refractivity contribution in [3.05, 3.63) is 143 Å². The van der Waals surface area contributed by atoms with Crippen LogP contribution in [0.1, 0.15) is 22.3 Å². The molecule has 2 aliphatic heterocycles. The highest BCUT2D eigenvalue weighted by molar-refractivity contribution is 5.47. The molecule has 0 spiro atoms. The summed E-state index contributed by atoms with van der Waals surface area (Å²) in [4.78, 5) is 5.69. The normalized spacial score (nSPS) is 23.5. The van der Waals surface area contributed by atoms with Crippen LogP contribution in [0, 0.1) is 11.7 Å². The fraction of sp³-hybridized carbons (Fsp3) is 0.226. The van der Waals surface area contributed by atoms with E-state index in [4.69, 9.17) is 14.3 Å². The van der Waals surface area contributed by atoms with Crippen LogP contribution in [-0.2, 0) is 25.5 Å². The van der Waals surface area contributed by atoms with Gasteiger partial charge in [-0.05, 0) is 22.8 Å². The van der Waals surface area contributed by atoms with Crippen molar-refractivity contribution in [2.75, 3.05) is 19.8 Å². The summed E-state index contributed by atoms with van der Waals surface area (Å²) < 4.78 is 28.1. The third-order valence-electron chi connectivity index (χ3n) is 7.48. The highest BCUT2D eigenvalue weighted by Gasteiger charge is 2.56. The van der Waals surface area contributed by atoms with E-state index in [2.05, 4.69) is 41.9 Å². The standard InChI is InChI=1S/C31H28FNO3/c32-28-19-11-10-18-26(28)30-22-34-29(27(30)20-36-33-30)21-35-31(23-12-4-1-5-13-23,24-14-6-2-7-15-24)25-16-8-3-9-17-25/h1-19,27,29,33H,20-22H2/t27-,29-,30-/m1/s1. The van der Waals surface area contributed by atoms with E-state index >= 15 is 0 Å². The molecule has 2 aliphatic rings. The topological polar surface area (TPSA) is 39.7 Å². The van der Waals surface area contributed by atoms with Crippen molar-refractivity contribution in [2.24, 2.45) is 5.92 Å². The third-order valence-corrected chi connectivity index (χ3v) is 7.48. The number of rotatable bonds is 7. The molecule has 5 heteroatoms. The molecule has 0 aliphatic carbocycles. The maximum Gasteiger partial charge on any atom is 0.143 e. The number of hydrogen-bond donors (Lipinski definition) is 1. The molecule has 2 saturated heterocycles. The molecule has 0 bridgehead atoms. The molecule has 4 aromatic rings. The lowest BCUT2D eigenvalue weighted by atomic mass is 9.78. The van der Waals surface area contributed by atoms with Crippen molar-refractivity contribution in [3.8, 4) is 0 Å². The minimum Gasteiger partial charge on any atom is -0.373 e. The molecule has 2 heterocycles. The monoisotopic (exact) mass is 481 g/mol. The van der Waals surface area contributed by atoms with E-state index in [1.165, 1.54) is 6.07 Å². The summed E-state index contributed by atoms with van der Waals surface area (Å²) in [6.45, 7) is 1.03. The first kappa shape index (κ1) is 23.1. The van der Waals surface area contributed by atoms with Gasteiger partial charge in [-0.3, -0.25) is 0 Å². The van der Waals surface area contributed by atoms with Gasteiger partial charge in [-0.25, -0.2) is 4.39 Å². The minimum atomic E-state index is -0.844. The Morgan fingerprint density at radius 3 is 1.86 bits per heavy atom. The molecule has 0 saturated carbocycles. The maximum atomic E-state index is 14.9. The molecular weight excluding hydrogens is 453 g/mol. The van der Waals surface area contributed by atoms with Gasteiger partial charge in [0.1, 0.15) is 17.0 Å². The van der Waals surface area contributed by atoms with Gasteiger partial charge in [0.15, 0.2) is 0 Å². The Morgan fingerprint density at radius 2 is 1.31 bits per heavy atom. The summed E-state index contributed by atoms with van der Waals surface area (Å²) >= 11 is 0. The Kier molecular flexibility index (Phi) is 6.15. The molecule has 0 radical (unpaired) electrons. The Balaban J connectivity index is 1.39. The quantitative estimate of drug-likeness (QED) is 0.350. The maximum absolute atomic E-state index is 14.9. The van der Waals surface area contributed by atoms with Gasteiger partial charge in [0.25, 0.3) is 0 Å². The lowest BCUT2D eigenvalue weighted by Gasteiger charge is -2.37. The lowest BCUT2D eigenvalue weighted by molar-refractivity contribution is -0.0670. The molecule has 0 amide bonds. The fourth-order valence-electron chi connectivity index (χ4n) is 5.69. The molecule has 4 nitrogen and oxygen atoms in total. The number of fused-ring (bicyclic) bond motifs is 1. The van der Waals surface area contributed by atoms with E-state index in [0.717, 1.165) is 16.7 Å². The first-order valence-electron chi connectivity index (χ1n) is 12.3. The van der Waals surface area contributed by atoms with E-state index in [1.807, 2.05) is 60.7 Å². The molecule has 0 unspecified atom stereocenters. The second kappa shape index (κ2) is 9.60. The highest BCUT2D eigenvalue weighted by Crippen LogP contribution is 2.46. The van der Waals surface area contributed by atoms with E-state index in [0.29, 0.717) is 25.4 Å². The van der Waals surface area contributed by atoms with Crippen molar-refractivity contribution in [1.29, 1.82) is 0 Å². The van der Waals surface area contributed by atoms with Crippen LogP contribution in [0.5, 0.6) is 0 Å². The van der Waals surface area contributed by atoms with Crippen LogP contribution in [0.2, 0.25) is 0 Å². The van der Waals surface area contributed by atoms with Gasteiger partial charge in [0, 0.05) is 11.5 Å². The van der Waals surface area contributed by atoms with Gasteiger partial charge in [0.2, 0.25) is 0 Å². The SMILES string of the molecule is Fc1ccccc1[C@]12CO[C@H](COC(c3ccccc3)(c3ccccc3)c3ccccc3)[C@H]1CON2. The van der Waals surface area contributed by atoms with Gasteiger partial charge in [-0.15, -0.1) is 0 Å². The highest BCUT2D eigenvalue weighted by atomic mass is 19.1. The second-order valence-corrected chi connectivity index (χ2v) is 9.41. The Morgan fingerprint density at radius 1 is 0.778 bits per heavy atom. The Labute approximate surface area is 210 Å². The van der Waals surface area contributed by atoms with Crippen LogP contribution in [0.15, 0.2) is 115 Å². The average Bonchev–Trinajstić information content (AvgIpc) is 3.52. The summed E-state index contributed by atoms with van der Waals surface area (Å²) in [5.74, 6) is -0.368. The smallest absolute Gasteiger partial charge is 0.143 e. The number of hydrogen-bond acceptors (Lipinski definition) is 4. The molecule has 182 valence electrons. The van der Waals surface area contributed by atoms with Crippen LogP contribution in [0.25, 0.3) is 0 Å². The van der Waals surface area contributed by atoms with Crippen LogP contribution >= 0.6 is 0 Å². The summed E-state index contributed by atoms with van der Waals surface area (Å²) in [5, 5.41) is 0. The van der Waals surface area contributed by atoms with Crippen LogP contribution in [0.4, 0.5) is 4.39 Å². The average molecular weight is 482 g/mol. The zero-order chi connectivity index (χ0) is 24.4. The summed E-state index contributed by atoms with van der Waals surface area (Å²) in [7, 11) is 0. The molecule has 3 atom stereocenters. The summed E-state index contributed by atoms with van der Waals surface area (Å²) in [6.07, 6.45) is -0.282. The number of hydroxylamine groups is 1. The zero-order valence-electron chi connectivity index (χ0n) is 19.8. The first-order valence-corrected chi connectivity index (χ1v) is 12.3. The largest absolute Gasteiger partial charge is 0.373 e. The zero-order valence-corrected chi connectivity index (χ0v) is 19.8. The van der Waals surface area contributed by atoms with Gasteiger partial charge in [-0.2, -0.15) is 5.48 Å². The number of benzene rings is 4. The predicted octanol–water partition coefficient (Wildman–Crippen LogP) is 5.58. The number of nitrogens with one attached hydrogen (secondary N) is 1. The molecule has 36 heavy (non-hydrogen) atoms. The third kappa shape index (κ3) is 3.76. The molecule has 0 aromatic heterocycles. The van der Waals surface area contributed by atoms with Crippen molar-refractivity contribution in [2.45, 2.75) is 17.2 Å². The fourth-order valence-corrected chi connectivity index (χ4v) is 5.69. The van der Waals surface area contributed by atoms with E-state index in [1.54, 1.807) is 12.1 Å². The van der Waals surface area contributed by atoms with Crippen molar-refractivity contribution in [1.82, 2.24) is 5.48 Å². The second-order valence-electron chi connectivity index (χ2n) is 9.41. The van der Waals surface area contributed by atoms with Crippen LogP contribution in [0.3, 0.4) is 0 Å². The summed E-state index contributed by atoms with van der Waals surface area (Å²) in [6, 6.07) is 37.6. The Bertz CT molecular complexity index is 1200. The molecule has 2 fully saturated rings. The van der Waals surface area contributed by atoms with Crippen LogP contribution in [-0.4, -0.2) is 25.9 Å².